The second-order valence-electron chi connectivity index (χ2n) is 2.94. The van der Waals surface area contributed by atoms with Gasteiger partial charge in [-0.15, -0.1) is 0 Å². The van der Waals surface area contributed by atoms with Gasteiger partial charge in [0, 0.05) is 17.9 Å². The fourth-order valence-corrected chi connectivity index (χ4v) is 2.92. The van der Waals surface area contributed by atoms with Crippen molar-refractivity contribution in [1.29, 1.82) is 0 Å². The third-order valence-electron chi connectivity index (χ3n) is 1.63. The zero-order valence-electron chi connectivity index (χ0n) is 8.70. The Hall–Kier alpha value is -0.440. The molecule has 0 rings (SSSR count). The first-order valence-electron chi connectivity index (χ1n) is 4.65. The Morgan fingerprint density at radius 1 is 1.31 bits per heavy atom. The topological polar surface area (TPSA) is 116 Å². The molecule has 0 saturated carbocycles. The van der Waals surface area contributed by atoms with Crippen molar-refractivity contribution in [3.8, 4) is 0 Å². The highest BCUT2D eigenvalue weighted by molar-refractivity contribution is 8.76. The first-order chi connectivity index (χ1) is 7.57. The molecule has 94 valence electrons. The number of nitrogens with two attached hydrogens (primary N) is 2. The molecular weight excluding hydrogens is 252 g/mol. The van der Waals surface area contributed by atoms with Crippen molar-refractivity contribution in [3.05, 3.63) is 0 Å². The van der Waals surface area contributed by atoms with Gasteiger partial charge in [0.25, 0.3) is 6.47 Å². The van der Waals surface area contributed by atoms with E-state index >= 15 is 0 Å². The summed E-state index contributed by atoms with van der Waals surface area (Å²) in [4.78, 5) is 20.3. The summed E-state index contributed by atoms with van der Waals surface area (Å²) in [6.07, 6.45) is 0.442. The van der Waals surface area contributed by atoms with Crippen LogP contribution >= 0.6 is 21.6 Å². The molecule has 0 aliphatic carbocycles. The fourth-order valence-electron chi connectivity index (χ4n) is 0.720. The molecular formula is C8H16N2O4S2. The Morgan fingerprint density at radius 2 is 1.88 bits per heavy atom. The van der Waals surface area contributed by atoms with Crippen molar-refractivity contribution in [2.45, 2.75) is 25.1 Å². The van der Waals surface area contributed by atoms with Crippen LogP contribution in [0.2, 0.25) is 0 Å². The molecule has 0 aliphatic rings. The minimum absolute atomic E-state index is 0.328. The molecule has 0 heterocycles. The molecule has 0 unspecified atom stereocenters. The van der Waals surface area contributed by atoms with E-state index in [1.807, 2.05) is 0 Å². The maximum atomic E-state index is 10.4. The summed E-state index contributed by atoms with van der Waals surface area (Å²) >= 11 is 0. The minimum atomic E-state index is -0.980. The van der Waals surface area contributed by atoms with Gasteiger partial charge < -0.3 is 15.6 Å². The second-order valence-corrected chi connectivity index (χ2v) is 5.64. The molecule has 0 saturated heterocycles. The molecule has 16 heavy (non-hydrogen) atoms. The smallest absolute Gasteiger partial charge is 0.320 e. The lowest BCUT2D eigenvalue weighted by Gasteiger charge is -2.08. The first-order valence-corrected chi connectivity index (χ1v) is 7.14. The number of ether oxygens (including phenoxy) is 1. The summed E-state index contributed by atoms with van der Waals surface area (Å²) in [6.45, 7) is 0.328. The molecule has 0 amide bonds. The van der Waals surface area contributed by atoms with E-state index in [1.54, 1.807) is 10.8 Å². The van der Waals surface area contributed by atoms with Crippen molar-refractivity contribution < 1.29 is 19.4 Å². The summed E-state index contributed by atoms with van der Waals surface area (Å²) in [5, 5.41) is 8.51. The number of hydrogen-bond donors (Lipinski definition) is 3. The monoisotopic (exact) mass is 268 g/mol. The molecule has 0 aliphatic heterocycles. The van der Waals surface area contributed by atoms with Gasteiger partial charge in [0.05, 0.1) is 0 Å². The third-order valence-corrected chi connectivity index (χ3v) is 4.10. The molecule has 6 nitrogen and oxygen atoms in total. The Kier molecular flexibility index (Phi) is 9.49. The number of carbonyl (C=O) groups is 2. The van der Waals surface area contributed by atoms with E-state index in [0.29, 0.717) is 25.1 Å². The Morgan fingerprint density at radius 3 is 2.38 bits per heavy atom. The van der Waals surface area contributed by atoms with E-state index in [0.717, 1.165) is 5.75 Å². The van der Waals surface area contributed by atoms with E-state index in [4.69, 9.17) is 16.6 Å². The number of carboxylic acids is 1. The molecule has 8 heteroatoms. The van der Waals surface area contributed by atoms with Gasteiger partial charge in [-0.2, -0.15) is 0 Å². The number of carboxylic acid groups (broad SMARTS) is 1. The summed E-state index contributed by atoms with van der Waals surface area (Å²) < 4.78 is 4.49. The van der Waals surface area contributed by atoms with E-state index < -0.39 is 18.2 Å². The lowest BCUT2D eigenvalue weighted by molar-refractivity contribution is -0.138. The molecule has 0 aromatic carbocycles. The molecule has 0 fully saturated rings. The number of hydrogen-bond acceptors (Lipinski definition) is 7. The van der Waals surface area contributed by atoms with Crippen molar-refractivity contribution in [1.82, 2.24) is 0 Å². The van der Waals surface area contributed by atoms with Crippen LogP contribution in [0.15, 0.2) is 0 Å². The van der Waals surface area contributed by atoms with Crippen LogP contribution in [0.3, 0.4) is 0 Å². The maximum Gasteiger partial charge on any atom is 0.320 e. The number of carbonyl (C=O) groups excluding carboxylic acids is 1. The molecule has 0 aromatic heterocycles. The van der Waals surface area contributed by atoms with Crippen molar-refractivity contribution >= 4 is 34.0 Å². The largest absolute Gasteiger partial charge is 0.480 e. The quantitative estimate of drug-likeness (QED) is 0.220. The Labute approximate surface area is 102 Å². The number of aliphatic carboxylic acids is 1. The predicted octanol–water partition coefficient (Wildman–Crippen LogP) is 0.0177. The van der Waals surface area contributed by atoms with Gasteiger partial charge >= 0.3 is 5.97 Å². The molecule has 0 aromatic rings. The van der Waals surface area contributed by atoms with E-state index in [-0.39, 0.29) is 0 Å². The zero-order chi connectivity index (χ0) is 12.4. The molecule has 2 atom stereocenters. The van der Waals surface area contributed by atoms with Crippen molar-refractivity contribution in [2.24, 2.45) is 11.5 Å². The Balaban J connectivity index is 3.27. The van der Waals surface area contributed by atoms with Gasteiger partial charge in [-0.25, -0.2) is 0 Å². The second kappa shape index (κ2) is 9.76. The van der Waals surface area contributed by atoms with Crippen molar-refractivity contribution in [2.75, 3.05) is 11.5 Å². The molecule has 0 bridgehead atoms. The van der Waals surface area contributed by atoms with Crippen LogP contribution in [0, 0.1) is 0 Å². The molecule has 0 spiro atoms. The van der Waals surface area contributed by atoms with Crippen LogP contribution in [-0.2, 0) is 14.3 Å². The van der Waals surface area contributed by atoms with Crippen LogP contribution in [0.5, 0.6) is 0 Å². The van der Waals surface area contributed by atoms with Gasteiger partial charge in [0.1, 0.15) is 6.04 Å². The van der Waals surface area contributed by atoms with Crippen LogP contribution < -0.4 is 11.5 Å². The summed E-state index contributed by atoms with van der Waals surface area (Å²) in [6, 6.07) is -0.797. The molecule has 5 N–H and O–H groups in total. The maximum absolute atomic E-state index is 10.4. The highest BCUT2D eigenvalue weighted by Gasteiger charge is 2.10. The van der Waals surface area contributed by atoms with Crippen LogP contribution in [0.25, 0.3) is 0 Å². The standard InChI is InChI=1S/C8H16N2O4S2/c9-6(8(12)13)1-3-15-16-4-2-7(10)14-5-11/h5-7H,1-4,9-10H2,(H,12,13)/t6-,7+/m0/s1. The first kappa shape index (κ1) is 15.6. The van der Waals surface area contributed by atoms with Gasteiger partial charge in [-0.3, -0.25) is 15.3 Å². The van der Waals surface area contributed by atoms with Gasteiger partial charge in [0.15, 0.2) is 6.23 Å². The highest BCUT2D eigenvalue weighted by Crippen LogP contribution is 2.23. The SMILES string of the molecule is N[C@@H](CCSSCC[C@H](N)C(=O)O)OC=O. The zero-order valence-corrected chi connectivity index (χ0v) is 10.3. The summed E-state index contributed by atoms with van der Waals surface area (Å²) in [5.41, 5.74) is 10.7. The van der Waals surface area contributed by atoms with Gasteiger partial charge in [-0.05, 0) is 6.42 Å². The van der Waals surface area contributed by atoms with Gasteiger partial charge in [0.2, 0.25) is 0 Å². The highest BCUT2D eigenvalue weighted by atomic mass is 33.1. The minimum Gasteiger partial charge on any atom is -0.480 e. The van der Waals surface area contributed by atoms with E-state index in [2.05, 4.69) is 4.74 Å². The van der Waals surface area contributed by atoms with E-state index in [9.17, 15) is 9.59 Å². The summed E-state index contributed by atoms with van der Waals surface area (Å²) in [5.74, 6) is 0.427. The van der Waals surface area contributed by atoms with Crippen molar-refractivity contribution in [3.63, 3.8) is 0 Å². The third kappa shape index (κ3) is 8.84. The Bertz CT molecular complexity index is 218. The van der Waals surface area contributed by atoms with Gasteiger partial charge in [-0.1, -0.05) is 21.6 Å². The van der Waals surface area contributed by atoms with Crippen LogP contribution in [0.4, 0.5) is 0 Å². The lowest BCUT2D eigenvalue weighted by Crippen LogP contribution is -2.30. The molecule has 0 radical (unpaired) electrons. The lowest BCUT2D eigenvalue weighted by atomic mass is 10.2. The van der Waals surface area contributed by atoms with E-state index in [1.165, 1.54) is 10.8 Å². The number of rotatable bonds is 10. The van der Waals surface area contributed by atoms with Crippen LogP contribution in [-0.4, -0.2) is 41.3 Å². The predicted molar refractivity (Wildman–Crippen MR) is 64.9 cm³/mol. The average molecular weight is 268 g/mol. The average Bonchev–Trinajstić information content (AvgIpc) is 2.23. The fraction of sp³-hybridized carbons (Fsp3) is 0.750. The van der Waals surface area contributed by atoms with Crippen LogP contribution in [0.1, 0.15) is 12.8 Å². The normalized spacial score (nSPS) is 14.1. The summed E-state index contributed by atoms with van der Waals surface area (Å²) in [7, 11) is 3.09.